The third-order valence-corrected chi connectivity index (χ3v) is 2.12. The minimum Gasteiger partial charge on any atom is -0.497 e. The molecule has 7 nitrogen and oxygen atoms in total. The highest BCUT2D eigenvalue weighted by atomic mass is 16.5. The maximum Gasteiger partial charge on any atom is 0.319 e. The molecule has 0 amide bonds. The summed E-state index contributed by atoms with van der Waals surface area (Å²) in [7, 11) is 1.53. The van der Waals surface area contributed by atoms with Crippen molar-refractivity contribution in [3.8, 4) is 5.75 Å². The highest BCUT2D eigenvalue weighted by Gasteiger charge is 2.25. The molecule has 0 aromatic heterocycles. The molecule has 1 aromatic rings. The van der Waals surface area contributed by atoms with Gasteiger partial charge in [-0.3, -0.25) is 9.59 Å². The van der Waals surface area contributed by atoms with Gasteiger partial charge in [0.05, 0.1) is 19.3 Å². The first kappa shape index (κ1) is 13.6. The van der Waals surface area contributed by atoms with Crippen molar-refractivity contribution >= 4 is 17.6 Å². The first-order valence-corrected chi connectivity index (χ1v) is 5.01. The second-order valence-electron chi connectivity index (χ2n) is 3.35. The summed E-state index contributed by atoms with van der Waals surface area (Å²) in [5.41, 5.74) is 0.491. The standard InChI is InChI=1S/C11H12N2O5/c1-18-8-4-2-7(3-5-8)13-12-6-9(10(14)15)11(16)17/h2-5,9H,6H2,1H3,(H,14,15)(H,16,17)/b13-12+. The minimum absolute atomic E-state index is 0.406. The predicted molar refractivity (Wildman–Crippen MR) is 61.1 cm³/mol. The number of hydrogen-bond acceptors (Lipinski definition) is 5. The fourth-order valence-electron chi connectivity index (χ4n) is 1.11. The van der Waals surface area contributed by atoms with E-state index in [0.29, 0.717) is 11.4 Å². The summed E-state index contributed by atoms with van der Waals surface area (Å²) in [4.78, 5) is 21.1. The van der Waals surface area contributed by atoms with Crippen molar-refractivity contribution in [2.75, 3.05) is 13.7 Å². The van der Waals surface area contributed by atoms with Crippen LogP contribution in [-0.2, 0) is 9.59 Å². The van der Waals surface area contributed by atoms with Gasteiger partial charge in [-0.1, -0.05) is 0 Å². The average molecular weight is 252 g/mol. The van der Waals surface area contributed by atoms with Gasteiger partial charge in [0.2, 0.25) is 0 Å². The number of hydrogen-bond donors (Lipinski definition) is 2. The summed E-state index contributed by atoms with van der Waals surface area (Å²) >= 11 is 0. The number of aliphatic carboxylic acids is 2. The summed E-state index contributed by atoms with van der Waals surface area (Å²) in [6.45, 7) is -0.406. The number of rotatable bonds is 6. The monoisotopic (exact) mass is 252 g/mol. The number of carbonyl (C=O) groups is 2. The quantitative estimate of drug-likeness (QED) is 0.590. The Morgan fingerprint density at radius 3 is 2.22 bits per heavy atom. The number of methoxy groups -OCH3 is 1. The van der Waals surface area contributed by atoms with Gasteiger partial charge in [-0.25, -0.2) is 0 Å². The first-order chi connectivity index (χ1) is 8.54. The summed E-state index contributed by atoms with van der Waals surface area (Å²) in [5.74, 6) is -3.79. The molecule has 1 aromatic carbocycles. The van der Waals surface area contributed by atoms with Gasteiger partial charge in [0, 0.05) is 0 Å². The van der Waals surface area contributed by atoms with Crippen molar-refractivity contribution < 1.29 is 24.5 Å². The Labute approximate surface area is 103 Å². The molecule has 18 heavy (non-hydrogen) atoms. The van der Waals surface area contributed by atoms with Crippen LogP contribution >= 0.6 is 0 Å². The van der Waals surface area contributed by atoms with E-state index < -0.39 is 24.4 Å². The Morgan fingerprint density at radius 2 is 1.78 bits per heavy atom. The van der Waals surface area contributed by atoms with E-state index in [1.807, 2.05) is 0 Å². The van der Waals surface area contributed by atoms with Crippen LogP contribution in [0.25, 0.3) is 0 Å². The molecule has 0 spiro atoms. The lowest BCUT2D eigenvalue weighted by molar-refractivity contribution is -0.153. The zero-order valence-corrected chi connectivity index (χ0v) is 9.61. The lowest BCUT2D eigenvalue weighted by atomic mass is 10.1. The normalized spacial score (nSPS) is 10.8. The zero-order valence-electron chi connectivity index (χ0n) is 9.61. The van der Waals surface area contributed by atoms with Crippen LogP contribution in [0.2, 0.25) is 0 Å². The van der Waals surface area contributed by atoms with Crippen molar-refractivity contribution in [3.63, 3.8) is 0 Å². The maximum absolute atomic E-state index is 10.6. The molecule has 1 rings (SSSR count). The van der Waals surface area contributed by atoms with Crippen molar-refractivity contribution in [3.05, 3.63) is 24.3 Å². The fraction of sp³-hybridized carbons (Fsp3) is 0.273. The highest BCUT2D eigenvalue weighted by molar-refractivity contribution is 5.93. The number of ether oxygens (including phenoxy) is 1. The molecule has 2 N–H and O–H groups in total. The molecular formula is C11H12N2O5. The van der Waals surface area contributed by atoms with Crippen LogP contribution in [0.4, 0.5) is 5.69 Å². The Balaban J connectivity index is 2.63. The third kappa shape index (κ3) is 3.85. The second-order valence-corrected chi connectivity index (χ2v) is 3.35. The summed E-state index contributed by atoms with van der Waals surface area (Å²) in [6.07, 6.45) is 0. The molecule has 0 atom stereocenters. The van der Waals surface area contributed by atoms with E-state index in [4.69, 9.17) is 14.9 Å². The fourth-order valence-corrected chi connectivity index (χ4v) is 1.11. The Bertz CT molecular complexity index is 441. The van der Waals surface area contributed by atoms with Crippen LogP contribution < -0.4 is 4.74 Å². The number of benzene rings is 1. The number of azo groups is 1. The van der Waals surface area contributed by atoms with E-state index in [-0.39, 0.29) is 0 Å². The third-order valence-electron chi connectivity index (χ3n) is 2.12. The molecule has 0 saturated carbocycles. The maximum atomic E-state index is 10.6. The Hall–Kier alpha value is -2.44. The Morgan fingerprint density at radius 1 is 1.22 bits per heavy atom. The summed E-state index contributed by atoms with van der Waals surface area (Å²) in [5, 5.41) is 24.5. The minimum atomic E-state index is -1.58. The van der Waals surface area contributed by atoms with Crippen LogP contribution in [0, 0.1) is 5.92 Å². The van der Waals surface area contributed by atoms with Gasteiger partial charge in [-0.15, -0.1) is 0 Å². The number of carboxylic acids is 2. The van der Waals surface area contributed by atoms with Gasteiger partial charge >= 0.3 is 11.9 Å². The van der Waals surface area contributed by atoms with Crippen LogP contribution in [0.15, 0.2) is 34.5 Å². The van der Waals surface area contributed by atoms with Gasteiger partial charge in [0.25, 0.3) is 0 Å². The summed E-state index contributed by atoms with van der Waals surface area (Å²) < 4.78 is 4.95. The lowest BCUT2D eigenvalue weighted by Gasteiger charge is -2.02. The number of nitrogens with zero attached hydrogens (tertiary/aromatic N) is 2. The predicted octanol–water partition coefficient (Wildman–Crippen LogP) is 1.56. The van der Waals surface area contributed by atoms with Crippen LogP contribution in [0.5, 0.6) is 5.75 Å². The van der Waals surface area contributed by atoms with E-state index in [0.717, 1.165) is 0 Å². The first-order valence-electron chi connectivity index (χ1n) is 5.01. The molecule has 0 heterocycles. The SMILES string of the molecule is COc1ccc(/N=N/CC(C(=O)O)C(=O)O)cc1. The van der Waals surface area contributed by atoms with E-state index in [1.54, 1.807) is 24.3 Å². The molecule has 7 heteroatoms. The van der Waals surface area contributed by atoms with E-state index in [2.05, 4.69) is 10.2 Å². The van der Waals surface area contributed by atoms with Crippen molar-refractivity contribution in [2.45, 2.75) is 0 Å². The molecule has 0 aliphatic heterocycles. The van der Waals surface area contributed by atoms with Crippen molar-refractivity contribution in [1.82, 2.24) is 0 Å². The largest absolute Gasteiger partial charge is 0.497 e. The van der Waals surface area contributed by atoms with E-state index >= 15 is 0 Å². The van der Waals surface area contributed by atoms with Crippen molar-refractivity contribution in [1.29, 1.82) is 0 Å². The average Bonchev–Trinajstić information content (AvgIpc) is 2.34. The van der Waals surface area contributed by atoms with Crippen LogP contribution in [0.1, 0.15) is 0 Å². The molecule has 0 unspecified atom stereocenters. The van der Waals surface area contributed by atoms with Gasteiger partial charge < -0.3 is 14.9 Å². The van der Waals surface area contributed by atoms with Crippen molar-refractivity contribution in [2.24, 2.45) is 16.1 Å². The molecule has 0 aliphatic rings. The molecule has 0 saturated heterocycles. The Kier molecular flexibility index (Phi) is 4.79. The van der Waals surface area contributed by atoms with Crippen LogP contribution in [-0.4, -0.2) is 35.8 Å². The molecule has 0 bridgehead atoms. The van der Waals surface area contributed by atoms with E-state index in [1.165, 1.54) is 7.11 Å². The molecule has 0 radical (unpaired) electrons. The van der Waals surface area contributed by atoms with Gasteiger partial charge in [0.15, 0.2) is 5.92 Å². The van der Waals surface area contributed by atoms with Crippen LogP contribution in [0.3, 0.4) is 0 Å². The van der Waals surface area contributed by atoms with E-state index in [9.17, 15) is 9.59 Å². The summed E-state index contributed by atoms with van der Waals surface area (Å²) in [6, 6.07) is 6.58. The molecular weight excluding hydrogens is 240 g/mol. The van der Waals surface area contributed by atoms with Gasteiger partial charge in [-0.2, -0.15) is 10.2 Å². The van der Waals surface area contributed by atoms with Gasteiger partial charge in [-0.05, 0) is 24.3 Å². The molecule has 0 aliphatic carbocycles. The molecule has 96 valence electrons. The molecule has 0 fully saturated rings. The number of carboxylic acid groups (broad SMARTS) is 2. The smallest absolute Gasteiger partial charge is 0.319 e. The zero-order chi connectivity index (χ0) is 13.5. The second kappa shape index (κ2) is 6.33. The van der Waals surface area contributed by atoms with Gasteiger partial charge in [0.1, 0.15) is 5.75 Å². The topological polar surface area (TPSA) is 109 Å². The highest BCUT2D eigenvalue weighted by Crippen LogP contribution is 2.18. The lowest BCUT2D eigenvalue weighted by Crippen LogP contribution is -2.25.